The summed E-state index contributed by atoms with van der Waals surface area (Å²) in [6.07, 6.45) is 4.06. The summed E-state index contributed by atoms with van der Waals surface area (Å²) in [6.45, 7) is 6.12. The molecule has 0 fully saturated rings. The molecule has 0 aliphatic rings. The maximum atomic E-state index is 12.2. The molecule has 1 aromatic carbocycles. The van der Waals surface area contributed by atoms with E-state index in [4.69, 9.17) is 0 Å². The Morgan fingerprint density at radius 3 is 2.33 bits per heavy atom. The van der Waals surface area contributed by atoms with Crippen molar-refractivity contribution in [2.45, 2.75) is 33.2 Å². The van der Waals surface area contributed by atoms with Gasteiger partial charge in [0.1, 0.15) is 0 Å². The second-order valence-corrected chi connectivity index (χ2v) is 5.99. The van der Waals surface area contributed by atoms with E-state index in [2.05, 4.69) is 22.5 Å². The minimum absolute atomic E-state index is 0.160. The SMILES string of the molecule is CCc1ccc([C@H](NC(=O)C(=O)Nc2cccnc2)C(C)C)cc1. The minimum atomic E-state index is -0.696. The smallest absolute Gasteiger partial charge is 0.313 e. The van der Waals surface area contributed by atoms with E-state index >= 15 is 0 Å². The Kier molecular flexibility index (Phi) is 6.07. The van der Waals surface area contributed by atoms with Crippen LogP contribution in [0.3, 0.4) is 0 Å². The lowest BCUT2D eigenvalue weighted by Crippen LogP contribution is -2.39. The number of carbonyl (C=O) groups excluding carboxylic acids is 2. The van der Waals surface area contributed by atoms with Gasteiger partial charge in [-0.25, -0.2) is 0 Å². The van der Waals surface area contributed by atoms with E-state index in [0.29, 0.717) is 5.69 Å². The third-order valence-electron chi connectivity index (χ3n) is 3.83. The van der Waals surface area contributed by atoms with Gasteiger partial charge in [0.15, 0.2) is 0 Å². The van der Waals surface area contributed by atoms with Crippen molar-refractivity contribution < 1.29 is 9.59 Å². The number of hydrogen-bond acceptors (Lipinski definition) is 3. The van der Waals surface area contributed by atoms with Crippen LogP contribution in [0.5, 0.6) is 0 Å². The Bertz CT molecular complexity index is 682. The van der Waals surface area contributed by atoms with Crippen molar-refractivity contribution in [3.63, 3.8) is 0 Å². The van der Waals surface area contributed by atoms with E-state index in [1.165, 1.54) is 11.8 Å². The first-order valence-corrected chi connectivity index (χ1v) is 8.12. The normalized spacial score (nSPS) is 11.8. The van der Waals surface area contributed by atoms with Crippen LogP contribution in [0.25, 0.3) is 0 Å². The predicted molar refractivity (Wildman–Crippen MR) is 94.4 cm³/mol. The standard InChI is InChI=1S/C19H23N3O2/c1-4-14-7-9-15(10-8-14)17(13(2)3)22-19(24)18(23)21-16-6-5-11-20-12-16/h5-13,17H,4H2,1-3H3,(H,21,23)(H,22,24)/t17-/m1/s1. The molecule has 0 spiro atoms. The third-order valence-corrected chi connectivity index (χ3v) is 3.83. The van der Waals surface area contributed by atoms with E-state index in [-0.39, 0.29) is 12.0 Å². The molecule has 1 atom stereocenters. The Morgan fingerprint density at radius 1 is 1.08 bits per heavy atom. The number of anilines is 1. The number of nitrogens with zero attached hydrogens (tertiary/aromatic N) is 1. The summed E-state index contributed by atoms with van der Waals surface area (Å²) in [7, 11) is 0. The van der Waals surface area contributed by atoms with E-state index in [1.807, 2.05) is 38.1 Å². The summed E-state index contributed by atoms with van der Waals surface area (Å²) in [5.74, 6) is -1.19. The first-order valence-electron chi connectivity index (χ1n) is 8.12. The minimum Gasteiger partial charge on any atom is -0.341 e. The van der Waals surface area contributed by atoms with Crippen LogP contribution in [0.4, 0.5) is 5.69 Å². The zero-order chi connectivity index (χ0) is 17.5. The Labute approximate surface area is 142 Å². The van der Waals surface area contributed by atoms with Crippen LogP contribution in [0.15, 0.2) is 48.8 Å². The maximum Gasteiger partial charge on any atom is 0.313 e. The van der Waals surface area contributed by atoms with E-state index in [9.17, 15) is 9.59 Å². The average Bonchev–Trinajstić information content (AvgIpc) is 2.60. The second-order valence-electron chi connectivity index (χ2n) is 5.99. The fourth-order valence-electron chi connectivity index (χ4n) is 2.43. The largest absolute Gasteiger partial charge is 0.341 e. The van der Waals surface area contributed by atoms with Gasteiger partial charge in [0, 0.05) is 6.20 Å². The van der Waals surface area contributed by atoms with Gasteiger partial charge < -0.3 is 10.6 Å². The van der Waals surface area contributed by atoms with Gasteiger partial charge in [-0.3, -0.25) is 14.6 Å². The molecule has 0 radical (unpaired) electrons. The summed E-state index contributed by atoms with van der Waals surface area (Å²) in [5, 5.41) is 5.36. The van der Waals surface area contributed by atoms with Crippen molar-refractivity contribution in [3.05, 3.63) is 59.9 Å². The number of nitrogens with one attached hydrogen (secondary N) is 2. The van der Waals surface area contributed by atoms with Gasteiger partial charge in [-0.2, -0.15) is 0 Å². The predicted octanol–water partition coefficient (Wildman–Crippen LogP) is 3.10. The highest BCUT2D eigenvalue weighted by atomic mass is 16.2. The summed E-state index contributed by atoms with van der Waals surface area (Å²) in [5.41, 5.74) is 2.72. The first-order chi connectivity index (χ1) is 11.5. The van der Waals surface area contributed by atoms with Crippen LogP contribution in [-0.4, -0.2) is 16.8 Å². The summed E-state index contributed by atoms with van der Waals surface area (Å²) in [6, 6.07) is 11.3. The maximum absolute atomic E-state index is 12.2. The second kappa shape index (κ2) is 8.24. The lowest BCUT2D eigenvalue weighted by molar-refractivity contribution is -0.136. The lowest BCUT2D eigenvalue weighted by Gasteiger charge is -2.23. The average molecular weight is 325 g/mol. The summed E-state index contributed by atoms with van der Waals surface area (Å²) >= 11 is 0. The zero-order valence-corrected chi connectivity index (χ0v) is 14.2. The molecule has 0 saturated heterocycles. The van der Waals surface area contributed by atoms with E-state index in [0.717, 1.165) is 12.0 Å². The van der Waals surface area contributed by atoms with Crippen molar-refractivity contribution in [1.29, 1.82) is 0 Å². The number of aromatic nitrogens is 1. The first kappa shape index (κ1) is 17.7. The highest BCUT2D eigenvalue weighted by Gasteiger charge is 2.22. The molecule has 0 bridgehead atoms. The van der Waals surface area contributed by atoms with Crippen LogP contribution in [0, 0.1) is 5.92 Å². The molecule has 2 aromatic rings. The number of amides is 2. The van der Waals surface area contributed by atoms with Crippen molar-refractivity contribution in [3.8, 4) is 0 Å². The van der Waals surface area contributed by atoms with Gasteiger partial charge in [0.25, 0.3) is 0 Å². The lowest BCUT2D eigenvalue weighted by atomic mass is 9.95. The number of pyridine rings is 1. The molecule has 0 aliphatic heterocycles. The molecule has 0 aliphatic carbocycles. The van der Waals surface area contributed by atoms with Gasteiger partial charge in [0.2, 0.25) is 0 Å². The van der Waals surface area contributed by atoms with Gasteiger partial charge in [-0.05, 0) is 35.6 Å². The molecular weight excluding hydrogens is 302 g/mol. The topological polar surface area (TPSA) is 71.1 Å². The van der Waals surface area contributed by atoms with Crippen molar-refractivity contribution in [2.75, 3.05) is 5.32 Å². The van der Waals surface area contributed by atoms with Crippen LogP contribution < -0.4 is 10.6 Å². The molecule has 0 saturated carbocycles. The number of carbonyl (C=O) groups is 2. The number of hydrogen-bond donors (Lipinski definition) is 2. The summed E-state index contributed by atoms with van der Waals surface area (Å²) < 4.78 is 0. The number of aryl methyl sites for hydroxylation is 1. The molecule has 126 valence electrons. The molecule has 1 heterocycles. The molecular formula is C19H23N3O2. The fourth-order valence-corrected chi connectivity index (χ4v) is 2.43. The van der Waals surface area contributed by atoms with E-state index in [1.54, 1.807) is 18.3 Å². The quantitative estimate of drug-likeness (QED) is 0.830. The molecule has 5 heteroatoms. The Hall–Kier alpha value is -2.69. The third kappa shape index (κ3) is 4.65. The molecule has 1 aromatic heterocycles. The molecule has 2 rings (SSSR count). The highest BCUT2D eigenvalue weighted by molar-refractivity contribution is 6.39. The van der Waals surface area contributed by atoms with E-state index < -0.39 is 11.8 Å². The van der Waals surface area contributed by atoms with Crippen molar-refractivity contribution >= 4 is 17.5 Å². The van der Waals surface area contributed by atoms with Gasteiger partial charge in [-0.1, -0.05) is 45.0 Å². The Balaban J connectivity index is 2.06. The molecule has 24 heavy (non-hydrogen) atoms. The van der Waals surface area contributed by atoms with Gasteiger partial charge in [-0.15, -0.1) is 0 Å². The van der Waals surface area contributed by atoms with Crippen LogP contribution in [-0.2, 0) is 16.0 Å². The highest BCUT2D eigenvalue weighted by Crippen LogP contribution is 2.22. The monoisotopic (exact) mass is 325 g/mol. The van der Waals surface area contributed by atoms with Gasteiger partial charge in [0.05, 0.1) is 17.9 Å². The van der Waals surface area contributed by atoms with Crippen LogP contribution in [0.2, 0.25) is 0 Å². The Morgan fingerprint density at radius 2 is 1.79 bits per heavy atom. The van der Waals surface area contributed by atoms with Crippen LogP contribution >= 0.6 is 0 Å². The number of benzene rings is 1. The van der Waals surface area contributed by atoms with Crippen molar-refractivity contribution in [1.82, 2.24) is 10.3 Å². The molecule has 5 nitrogen and oxygen atoms in total. The molecule has 2 amide bonds. The number of rotatable bonds is 5. The zero-order valence-electron chi connectivity index (χ0n) is 14.2. The van der Waals surface area contributed by atoms with Gasteiger partial charge >= 0.3 is 11.8 Å². The molecule has 0 unspecified atom stereocenters. The fraction of sp³-hybridized carbons (Fsp3) is 0.316. The van der Waals surface area contributed by atoms with Crippen molar-refractivity contribution in [2.24, 2.45) is 5.92 Å². The molecule has 2 N–H and O–H groups in total. The summed E-state index contributed by atoms with van der Waals surface area (Å²) in [4.78, 5) is 28.2. The van der Waals surface area contributed by atoms with Crippen LogP contribution in [0.1, 0.15) is 37.9 Å².